The van der Waals surface area contributed by atoms with E-state index in [1.54, 1.807) is 0 Å². The summed E-state index contributed by atoms with van der Waals surface area (Å²) in [6.07, 6.45) is 3.84. The number of benzene rings is 2. The fraction of sp³-hybridized carbons (Fsp3) is 0.423. The Labute approximate surface area is 183 Å². The van der Waals surface area contributed by atoms with Crippen LogP contribution in [0.1, 0.15) is 36.5 Å². The van der Waals surface area contributed by atoms with Crippen molar-refractivity contribution in [1.82, 2.24) is 4.90 Å². The predicted molar refractivity (Wildman–Crippen MR) is 120 cm³/mol. The van der Waals surface area contributed by atoms with Crippen LogP contribution in [0, 0.1) is 11.7 Å². The molecular formula is C26H30FNO3. The maximum absolute atomic E-state index is 13.0. The van der Waals surface area contributed by atoms with Crippen molar-refractivity contribution in [2.45, 2.75) is 32.6 Å². The molecule has 0 saturated carbocycles. The number of allylic oxidation sites excluding steroid dienone is 1. The van der Waals surface area contributed by atoms with E-state index >= 15 is 0 Å². The number of ether oxygens (including phenoxy) is 2. The molecule has 2 aromatic carbocycles. The molecule has 0 aromatic heterocycles. The average molecular weight is 424 g/mol. The van der Waals surface area contributed by atoms with E-state index in [4.69, 9.17) is 9.47 Å². The number of likely N-dealkylation sites (tertiary alicyclic amines) is 1. The van der Waals surface area contributed by atoms with Crippen LogP contribution >= 0.6 is 0 Å². The maximum Gasteiger partial charge on any atom is 0.311 e. The number of aryl methyl sites for hydroxylation is 2. The highest BCUT2D eigenvalue weighted by Gasteiger charge is 2.34. The molecule has 1 fully saturated rings. The molecule has 1 saturated heterocycles. The van der Waals surface area contributed by atoms with E-state index < -0.39 is 0 Å². The van der Waals surface area contributed by atoms with Gasteiger partial charge in [0.2, 0.25) is 0 Å². The third-order valence-electron chi connectivity index (χ3n) is 6.41. The molecule has 0 N–H and O–H groups in total. The lowest BCUT2D eigenvalue weighted by Crippen LogP contribution is -2.51. The van der Waals surface area contributed by atoms with Crippen LogP contribution in [0.4, 0.5) is 4.39 Å². The van der Waals surface area contributed by atoms with E-state index in [0.29, 0.717) is 6.61 Å². The van der Waals surface area contributed by atoms with Gasteiger partial charge in [-0.05, 0) is 79.1 Å². The molecule has 2 aliphatic rings. The number of nitrogens with zero attached hydrogens (tertiary/aromatic N) is 1. The van der Waals surface area contributed by atoms with Crippen molar-refractivity contribution in [3.8, 4) is 5.75 Å². The van der Waals surface area contributed by atoms with Gasteiger partial charge in [-0.15, -0.1) is 0 Å². The summed E-state index contributed by atoms with van der Waals surface area (Å²) >= 11 is 0. The predicted octanol–water partition coefficient (Wildman–Crippen LogP) is 4.66. The van der Waals surface area contributed by atoms with Crippen molar-refractivity contribution in [3.63, 3.8) is 0 Å². The molecule has 0 bridgehead atoms. The Bertz CT molecular complexity index is 961. The lowest BCUT2D eigenvalue weighted by molar-refractivity contribution is -0.151. The van der Waals surface area contributed by atoms with Crippen molar-refractivity contribution in [2.75, 3.05) is 33.4 Å². The minimum Gasteiger partial charge on any atom is -0.494 e. The first-order chi connectivity index (χ1) is 15.0. The molecular weight excluding hydrogens is 393 g/mol. The standard InChI is InChI=1S/C26H30FNO3/c1-18-21(15-28-16-22(17-28)26(29)30-2)8-7-20-14-24(11-12-25(18)20)31-13-3-4-19-5-9-23(27)10-6-19/h5-6,9-12,14,22H,3-4,7-8,13,15-17H2,1-2H3. The summed E-state index contributed by atoms with van der Waals surface area (Å²) in [4.78, 5) is 13.9. The van der Waals surface area contributed by atoms with Gasteiger partial charge in [0.1, 0.15) is 11.6 Å². The van der Waals surface area contributed by atoms with Gasteiger partial charge in [-0.2, -0.15) is 0 Å². The lowest BCUT2D eigenvalue weighted by Gasteiger charge is -2.39. The highest BCUT2D eigenvalue weighted by atomic mass is 19.1. The second-order valence-corrected chi connectivity index (χ2v) is 8.54. The van der Waals surface area contributed by atoms with Crippen LogP contribution in [0.25, 0.3) is 5.57 Å². The molecule has 1 aliphatic heterocycles. The zero-order chi connectivity index (χ0) is 21.8. The van der Waals surface area contributed by atoms with Gasteiger partial charge in [-0.25, -0.2) is 4.39 Å². The number of esters is 1. The van der Waals surface area contributed by atoms with Crippen molar-refractivity contribution in [1.29, 1.82) is 0 Å². The molecule has 0 spiro atoms. The molecule has 164 valence electrons. The summed E-state index contributed by atoms with van der Waals surface area (Å²) in [5, 5.41) is 0. The van der Waals surface area contributed by atoms with Crippen LogP contribution in [0.5, 0.6) is 5.75 Å². The number of halogens is 1. The van der Waals surface area contributed by atoms with E-state index in [9.17, 15) is 9.18 Å². The molecule has 0 atom stereocenters. The second-order valence-electron chi connectivity index (χ2n) is 8.54. The Hall–Kier alpha value is -2.66. The van der Waals surface area contributed by atoms with Crippen molar-refractivity contribution < 1.29 is 18.7 Å². The molecule has 2 aromatic rings. The third-order valence-corrected chi connectivity index (χ3v) is 6.41. The first kappa shape index (κ1) is 21.6. The van der Waals surface area contributed by atoms with Gasteiger partial charge >= 0.3 is 5.97 Å². The fourth-order valence-electron chi connectivity index (χ4n) is 4.50. The summed E-state index contributed by atoms with van der Waals surface area (Å²) in [5.74, 6) is 0.653. The minimum absolute atomic E-state index is 0.0320. The van der Waals surface area contributed by atoms with Crippen LogP contribution in [0.2, 0.25) is 0 Å². The number of hydrogen-bond donors (Lipinski definition) is 0. The molecule has 4 rings (SSSR count). The first-order valence-corrected chi connectivity index (χ1v) is 11.0. The van der Waals surface area contributed by atoms with Crippen LogP contribution in [0.15, 0.2) is 48.0 Å². The highest BCUT2D eigenvalue weighted by molar-refractivity contribution is 5.74. The maximum atomic E-state index is 13.0. The topological polar surface area (TPSA) is 38.8 Å². The Morgan fingerprint density at radius 2 is 1.90 bits per heavy atom. The summed E-state index contributed by atoms with van der Waals surface area (Å²) in [6.45, 7) is 5.36. The Kier molecular flexibility index (Phi) is 6.71. The number of carbonyl (C=O) groups is 1. The summed E-state index contributed by atoms with van der Waals surface area (Å²) < 4.78 is 23.8. The number of carbonyl (C=O) groups excluding carboxylic acids is 1. The molecule has 1 aliphatic carbocycles. The molecule has 0 amide bonds. The van der Waals surface area contributed by atoms with E-state index in [2.05, 4.69) is 30.0 Å². The molecule has 1 heterocycles. The zero-order valence-electron chi connectivity index (χ0n) is 18.3. The quantitative estimate of drug-likeness (QED) is 0.457. The van der Waals surface area contributed by atoms with Gasteiger partial charge in [0.05, 0.1) is 19.6 Å². The lowest BCUT2D eigenvalue weighted by atomic mass is 9.85. The number of hydrogen-bond acceptors (Lipinski definition) is 4. The smallest absolute Gasteiger partial charge is 0.311 e. The molecule has 5 heteroatoms. The molecule has 31 heavy (non-hydrogen) atoms. The zero-order valence-corrected chi connectivity index (χ0v) is 18.3. The Balaban J connectivity index is 1.29. The van der Waals surface area contributed by atoms with E-state index in [0.717, 1.165) is 56.6 Å². The van der Waals surface area contributed by atoms with Gasteiger partial charge in [0.15, 0.2) is 0 Å². The van der Waals surface area contributed by atoms with Crippen molar-refractivity contribution in [2.24, 2.45) is 5.92 Å². The SMILES string of the molecule is COC(=O)C1CN(CC2=C(C)c3ccc(OCCCc4ccc(F)cc4)cc3CC2)C1. The monoisotopic (exact) mass is 423 g/mol. The largest absolute Gasteiger partial charge is 0.494 e. The fourth-order valence-corrected chi connectivity index (χ4v) is 4.50. The van der Waals surface area contributed by atoms with Crippen LogP contribution in [0.3, 0.4) is 0 Å². The average Bonchev–Trinajstić information content (AvgIpc) is 2.75. The van der Waals surface area contributed by atoms with Gasteiger partial charge in [-0.1, -0.05) is 23.8 Å². The molecule has 4 nitrogen and oxygen atoms in total. The molecule has 0 radical (unpaired) electrons. The van der Waals surface area contributed by atoms with Crippen LogP contribution in [-0.4, -0.2) is 44.2 Å². The summed E-state index contributed by atoms with van der Waals surface area (Å²) in [6, 6.07) is 13.1. The van der Waals surface area contributed by atoms with Crippen molar-refractivity contribution >= 4 is 11.5 Å². The normalized spacial score (nSPS) is 16.6. The third kappa shape index (κ3) is 5.16. The summed E-state index contributed by atoms with van der Waals surface area (Å²) in [7, 11) is 1.46. The van der Waals surface area contributed by atoms with Crippen molar-refractivity contribution in [3.05, 3.63) is 70.5 Å². The second kappa shape index (κ2) is 9.65. The molecule has 0 unspecified atom stereocenters. The van der Waals surface area contributed by atoms with E-state index in [1.165, 1.54) is 41.5 Å². The number of fused-ring (bicyclic) bond motifs is 1. The highest BCUT2D eigenvalue weighted by Crippen LogP contribution is 2.34. The van der Waals surface area contributed by atoms with Gasteiger partial charge in [0.25, 0.3) is 0 Å². The minimum atomic E-state index is -0.197. The number of rotatable bonds is 8. The Morgan fingerprint density at radius 3 is 2.65 bits per heavy atom. The van der Waals surface area contributed by atoms with Gasteiger partial charge in [-0.3, -0.25) is 9.69 Å². The van der Waals surface area contributed by atoms with Crippen LogP contribution < -0.4 is 4.74 Å². The first-order valence-electron chi connectivity index (χ1n) is 11.0. The Morgan fingerprint density at radius 1 is 1.13 bits per heavy atom. The van der Waals surface area contributed by atoms with Gasteiger partial charge < -0.3 is 9.47 Å². The van der Waals surface area contributed by atoms with Crippen LogP contribution in [-0.2, 0) is 22.4 Å². The van der Waals surface area contributed by atoms with Gasteiger partial charge in [0, 0.05) is 19.6 Å². The van der Waals surface area contributed by atoms with E-state index in [-0.39, 0.29) is 17.7 Å². The van der Waals surface area contributed by atoms with E-state index in [1.807, 2.05) is 12.1 Å². The number of methoxy groups -OCH3 is 1. The summed E-state index contributed by atoms with van der Waals surface area (Å²) in [5.41, 5.74) is 6.59.